The van der Waals surface area contributed by atoms with Crippen LogP contribution in [0.4, 0.5) is 21.4 Å². The number of carbonyl (C=O) groups excluding carboxylic acids is 2. The molecule has 0 radical (unpaired) electrons. The second-order valence-corrected chi connectivity index (χ2v) is 7.20. The van der Waals surface area contributed by atoms with Crippen molar-refractivity contribution in [1.82, 2.24) is 14.9 Å². The molecule has 15 nitrogen and oxygen atoms in total. The fourth-order valence-corrected chi connectivity index (χ4v) is 2.64. The Morgan fingerprint density at radius 3 is 2.11 bits per heavy atom. The predicted molar refractivity (Wildman–Crippen MR) is 116 cm³/mol. The average Bonchev–Trinajstić information content (AvgIpc) is 3.32. The molecule has 0 saturated heterocycles. The molecule has 0 saturated carbocycles. The number of likely N-dealkylation sites (N-methyl/N-ethyl adjacent to an activating group) is 2. The van der Waals surface area contributed by atoms with E-state index in [4.69, 9.17) is 22.7 Å². The van der Waals surface area contributed by atoms with Crippen molar-refractivity contribution >= 4 is 24.0 Å². The molecule has 0 fully saturated rings. The zero-order valence-corrected chi connectivity index (χ0v) is 19.4. The van der Waals surface area contributed by atoms with Crippen molar-refractivity contribution in [2.45, 2.75) is 27.1 Å². The molecule has 0 aliphatic heterocycles. The fourth-order valence-electron chi connectivity index (χ4n) is 2.64. The van der Waals surface area contributed by atoms with Crippen LogP contribution in [-0.2, 0) is 22.7 Å². The van der Waals surface area contributed by atoms with E-state index in [1.165, 1.54) is 24.9 Å². The maximum Gasteiger partial charge on any atom is 0.519 e. The van der Waals surface area contributed by atoms with Gasteiger partial charge in [-0.2, -0.15) is 4.98 Å². The van der Waals surface area contributed by atoms with Gasteiger partial charge in [-0.3, -0.25) is 5.32 Å². The Balaban J connectivity index is 1.46. The predicted octanol–water partition coefficient (Wildman–Crippen LogP) is 1.64. The van der Waals surface area contributed by atoms with Gasteiger partial charge in [-0.15, -0.1) is 0 Å². The van der Waals surface area contributed by atoms with Gasteiger partial charge in [-0.25, -0.2) is 24.2 Å². The van der Waals surface area contributed by atoms with Crippen LogP contribution in [0.3, 0.4) is 0 Å². The standard InChI is InChI=1S/C20H23N5O10/c1-11-13(34-19(28)32-11)9-30-17(26)23-16-21-6-5-15(22-16)24(3)7-8-25(4)18(27)31-10-14-12(2)33-20(29)35-14/h5-6H,7-10H2,1-4H3,(H,21,22,23,26). The molecule has 0 bridgehead atoms. The number of ether oxygens (including phenoxy) is 2. The second-order valence-electron chi connectivity index (χ2n) is 7.20. The van der Waals surface area contributed by atoms with Crippen LogP contribution in [0.15, 0.2) is 39.5 Å². The monoisotopic (exact) mass is 493 g/mol. The van der Waals surface area contributed by atoms with E-state index >= 15 is 0 Å². The molecule has 0 atom stereocenters. The van der Waals surface area contributed by atoms with Gasteiger partial charge in [-0.05, 0) is 19.9 Å². The number of aryl methyl sites for hydroxylation is 2. The summed E-state index contributed by atoms with van der Waals surface area (Å²) in [6, 6.07) is 1.61. The first kappa shape index (κ1) is 25.1. The Bertz CT molecular complexity index is 1290. The number of nitrogens with one attached hydrogen (secondary N) is 1. The average molecular weight is 493 g/mol. The lowest BCUT2D eigenvalue weighted by Gasteiger charge is -2.22. The molecule has 3 aromatic rings. The molecule has 0 aromatic carbocycles. The molecule has 0 spiro atoms. The third-order valence-electron chi connectivity index (χ3n) is 4.66. The van der Waals surface area contributed by atoms with E-state index < -0.39 is 23.8 Å². The van der Waals surface area contributed by atoms with E-state index in [9.17, 15) is 19.2 Å². The highest BCUT2D eigenvalue weighted by Gasteiger charge is 2.16. The molecule has 188 valence electrons. The van der Waals surface area contributed by atoms with Gasteiger partial charge in [0.2, 0.25) is 5.95 Å². The van der Waals surface area contributed by atoms with Gasteiger partial charge < -0.3 is 36.9 Å². The molecule has 3 rings (SSSR count). The van der Waals surface area contributed by atoms with Gasteiger partial charge in [0, 0.05) is 33.4 Å². The van der Waals surface area contributed by atoms with Crippen LogP contribution >= 0.6 is 0 Å². The molecule has 2 amide bonds. The maximum atomic E-state index is 12.2. The number of amides is 2. The van der Waals surface area contributed by atoms with Gasteiger partial charge in [0.1, 0.15) is 5.82 Å². The van der Waals surface area contributed by atoms with Crippen molar-refractivity contribution < 1.29 is 36.7 Å². The van der Waals surface area contributed by atoms with Crippen molar-refractivity contribution in [2.75, 3.05) is 37.4 Å². The first-order chi connectivity index (χ1) is 16.6. The van der Waals surface area contributed by atoms with Crippen molar-refractivity contribution in [3.8, 4) is 0 Å². The molecule has 0 unspecified atom stereocenters. The number of aromatic nitrogens is 2. The van der Waals surface area contributed by atoms with E-state index in [-0.39, 0.29) is 48.7 Å². The number of hydrogen-bond donors (Lipinski definition) is 1. The molecule has 15 heteroatoms. The number of rotatable bonds is 9. The minimum atomic E-state index is -0.888. The quantitative estimate of drug-likeness (QED) is 0.454. The van der Waals surface area contributed by atoms with Crippen LogP contribution < -0.4 is 21.9 Å². The summed E-state index contributed by atoms with van der Waals surface area (Å²) in [6.07, 6.45) is -0.0513. The Morgan fingerprint density at radius 1 is 0.943 bits per heavy atom. The van der Waals surface area contributed by atoms with Gasteiger partial charge in [-0.1, -0.05) is 0 Å². The second kappa shape index (κ2) is 11.0. The Labute approximate surface area is 197 Å². The summed E-state index contributed by atoms with van der Waals surface area (Å²) in [4.78, 5) is 57.5. The van der Waals surface area contributed by atoms with E-state index in [1.54, 1.807) is 25.1 Å². The van der Waals surface area contributed by atoms with E-state index in [0.717, 1.165) is 0 Å². The van der Waals surface area contributed by atoms with Crippen molar-refractivity contribution in [1.29, 1.82) is 0 Å². The highest BCUT2D eigenvalue weighted by molar-refractivity contribution is 5.82. The summed E-state index contributed by atoms with van der Waals surface area (Å²) in [5.74, 6) is -0.633. The molecule has 0 aliphatic carbocycles. The van der Waals surface area contributed by atoms with Crippen LogP contribution in [0.2, 0.25) is 0 Å². The van der Waals surface area contributed by atoms with Gasteiger partial charge >= 0.3 is 23.8 Å². The molecule has 0 aliphatic rings. The van der Waals surface area contributed by atoms with Crippen LogP contribution in [0, 0.1) is 13.8 Å². The normalized spacial score (nSPS) is 10.6. The van der Waals surface area contributed by atoms with E-state index in [2.05, 4.69) is 19.7 Å². The summed E-state index contributed by atoms with van der Waals surface area (Å²) in [5.41, 5.74) is 0. The van der Waals surface area contributed by atoms with Crippen molar-refractivity contribution in [2.24, 2.45) is 0 Å². The summed E-state index contributed by atoms with van der Waals surface area (Å²) < 4.78 is 29.0. The molecular weight excluding hydrogens is 470 g/mol. The molecule has 3 aromatic heterocycles. The first-order valence-corrected chi connectivity index (χ1v) is 10.2. The van der Waals surface area contributed by atoms with E-state index in [1.807, 2.05) is 0 Å². The largest absolute Gasteiger partial charge is 0.519 e. The van der Waals surface area contributed by atoms with Gasteiger partial charge in [0.15, 0.2) is 36.3 Å². The number of hydrogen-bond acceptors (Lipinski definition) is 13. The molecule has 1 N–H and O–H groups in total. The zero-order valence-electron chi connectivity index (χ0n) is 19.4. The van der Waals surface area contributed by atoms with Crippen LogP contribution in [0.5, 0.6) is 0 Å². The maximum absolute atomic E-state index is 12.2. The Kier molecular flexibility index (Phi) is 7.91. The summed E-state index contributed by atoms with van der Waals surface area (Å²) in [5, 5.41) is 2.37. The lowest BCUT2D eigenvalue weighted by molar-refractivity contribution is 0.0979. The fraction of sp³-hybridized carbons (Fsp3) is 0.400. The van der Waals surface area contributed by atoms with Crippen LogP contribution in [0.25, 0.3) is 0 Å². The van der Waals surface area contributed by atoms with Crippen molar-refractivity contribution in [3.63, 3.8) is 0 Å². The van der Waals surface area contributed by atoms with Gasteiger partial charge in [0.25, 0.3) is 0 Å². The summed E-state index contributed by atoms with van der Waals surface area (Å²) in [7, 11) is 3.28. The number of anilines is 2. The molecule has 3 heterocycles. The van der Waals surface area contributed by atoms with Crippen molar-refractivity contribution in [3.05, 3.63) is 56.5 Å². The number of nitrogens with zero attached hydrogens (tertiary/aromatic N) is 4. The van der Waals surface area contributed by atoms with Crippen LogP contribution in [0.1, 0.15) is 23.0 Å². The highest BCUT2D eigenvalue weighted by Crippen LogP contribution is 2.12. The topological polar surface area (TPSA) is 184 Å². The Hall–Kier alpha value is -4.56. The zero-order chi connectivity index (χ0) is 25.5. The summed E-state index contributed by atoms with van der Waals surface area (Å²) in [6.45, 7) is 3.12. The van der Waals surface area contributed by atoms with E-state index in [0.29, 0.717) is 12.4 Å². The smallest absolute Gasteiger partial charge is 0.441 e. The summed E-state index contributed by atoms with van der Waals surface area (Å²) >= 11 is 0. The highest BCUT2D eigenvalue weighted by atomic mass is 16.6. The van der Waals surface area contributed by atoms with Crippen LogP contribution in [-0.4, -0.2) is 54.2 Å². The van der Waals surface area contributed by atoms with Gasteiger partial charge in [0.05, 0.1) is 0 Å². The third kappa shape index (κ3) is 6.96. The lowest BCUT2D eigenvalue weighted by Crippen LogP contribution is -2.35. The first-order valence-electron chi connectivity index (χ1n) is 10.2. The Morgan fingerprint density at radius 2 is 1.54 bits per heavy atom. The minimum Gasteiger partial charge on any atom is -0.441 e. The molecule has 35 heavy (non-hydrogen) atoms. The SMILES string of the molecule is Cc1oc(=O)oc1COC(=O)Nc1nccc(N(C)CCN(C)C(=O)OCc2oc(=O)oc2C)n1. The minimum absolute atomic E-state index is 0.0190. The number of carbonyl (C=O) groups is 2. The third-order valence-corrected chi connectivity index (χ3v) is 4.66. The molecular formula is C20H23N5O10. The lowest BCUT2D eigenvalue weighted by atomic mass is 10.4.